The van der Waals surface area contributed by atoms with E-state index in [2.05, 4.69) is 15.4 Å². The first-order valence-corrected chi connectivity index (χ1v) is 7.92. The zero-order valence-electron chi connectivity index (χ0n) is 13.8. The molecule has 1 fully saturated rings. The van der Waals surface area contributed by atoms with Crippen LogP contribution in [0.2, 0.25) is 0 Å². The molecule has 0 aromatic carbocycles. The number of amides is 1. The third kappa shape index (κ3) is 3.29. The molecular formula is C16H23N5O2. The summed E-state index contributed by atoms with van der Waals surface area (Å²) in [5.74, 6) is -0.119. The first-order valence-electron chi connectivity index (χ1n) is 7.92. The maximum Gasteiger partial charge on any atom is 0.226 e. The minimum atomic E-state index is -0.204. The molecule has 2 aromatic heterocycles. The second-order valence-corrected chi connectivity index (χ2v) is 6.16. The molecule has 3 atom stereocenters. The maximum atomic E-state index is 12.6. The van der Waals surface area contributed by atoms with Crippen LogP contribution in [-0.4, -0.2) is 37.9 Å². The Bertz CT molecular complexity index is 664. The van der Waals surface area contributed by atoms with Gasteiger partial charge >= 0.3 is 0 Å². The van der Waals surface area contributed by atoms with Crippen LogP contribution in [0.3, 0.4) is 0 Å². The molecule has 1 aliphatic heterocycles. The van der Waals surface area contributed by atoms with Gasteiger partial charge in [0.25, 0.3) is 0 Å². The minimum absolute atomic E-state index is 0.0351. The van der Waals surface area contributed by atoms with E-state index in [0.717, 1.165) is 17.7 Å². The molecule has 2 aromatic rings. The highest BCUT2D eigenvalue weighted by Crippen LogP contribution is 2.36. The van der Waals surface area contributed by atoms with Crippen molar-refractivity contribution in [3.63, 3.8) is 0 Å². The number of carbonyl (C=O) groups is 1. The van der Waals surface area contributed by atoms with E-state index >= 15 is 0 Å². The Labute approximate surface area is 135 Å². The zero-order valence-corrected chi connectivity index (χ0v) is 13.8. The van der Waals surface area contributed by atoms with Crippen LogP contribution in [0.1, 0.15) is 30.7 Å². The van der Waals surface area contributed by atoms with E-state index < -0.39 is 0 Å². The topological polar surface area (TPSA) is 74.0 Å². The summed E-state index contributed by atoms with van der Waals surface area (Å²) in [6.45, 7) is 5.31. The van der Waals surface area contributed by atoms with E-state index in [1.165, 1.54) is 0 Å². The van der Waals surface area contributed by atoms with Crippen LogP contribution >= 0.6 is 0 Å². The molecule has 1 saturated heterocycles. The summed E-state index contributed by atoms with van der Waals surface area (Å²) in [4.78, 5) is 16.7. The zero-order chi connectivity index (χ0) is 16.4. The molecule has 1 amide bonds. The second-order valence-electron chi connectivity index (χ2n) is 6.16. The van der Waals surface area contributed by atoms with Gasteiger partial charge in [0, 0.05) is 49.9 Å². The summed E-state index contributed by atoms with van der Waals surface area (Å²) < 4.78 is 9.60. The Balaban J connectivity index is 1.65. The van der Waals surface area contributed by atoms with E-state index in [-0.39, 0.29) is 24.0 Å². The molecule has 0 saturated carbocycles. The number of hydrogen-bond donors (Lipinski definition) is 1. The van der Waals surface area contributed by atoms with Crippen molar-refractivity contribution in [2.45, 2.75) is 39.0 Å². The van der Waals surface area contributed by atoms with Gasteiger partial charge in [-0.3, -0.25) is 9.48 Å². The number of hydrogen-bond acceptors (Lipinski definition) is 4. The Morgan fingerprint density at radius 2 is 2.39 bits per heavy atom. The first-order chi connectivity index (χ1) is 11.1. The summed E-state index contributed by atoms with van der Waals surface area (Å²) in [6, 6.07) is 0.0351. The number of aromatic nitrogens is 4. The third-order valence-corrected chi connectivity index (χ3v) is 4.44. The van der Waals surface area contributed by atoms with Crippen molar-refractivity contribution in [3.05, 3.63) is 36.2 Å². The SMILES string of the molecule is Cc1c([C@H]2OCC[C@@H]2C(=O)N[C@H](C)Cn2ccnc2)cnn1C. The van der Waals surface area contributed by atoms with Crippen molar-refractivity contribution < 1.29 is 9.53 Å². The van der Waals surface area contributed by atoms with Crippen molar-refractivity contribution >= 4 is 5.91 Å². The molecule has 0 bridgehead atoms. The highest BCUT2D eigenvalue weighted by molar-refractivity contribution is 5.80. The molecule has 3 rings (SSSR count). The molecule has 0 radical (unpaired) electrons. The second kappa shape index (κ2) is 6.54. The summed E-state index contributed by atoms with van der Waals surface area (Å²) in [6.07, 6.45) is 7.72. The molecular weight excluding hydrogens is 294 g/mol. The van der Waals surface area contributed by atoms with Crippen LogP contribution in [-0.2, 0) is 23.1 Å². The van der Waals surface area contributed by atoms with Gasteiger partial charge in [-0.15, -0.1) is 0 Å². The summed E-state index contributed by atoms with van der Waals surface area (Å²) in [5, 5.41) is 7.35. The fraction of sp³-hybridized carbons (Fsp3) is 0.562. The quantitative estimate of drug-likeness (QED) is 0.899. The monoisotopic (exact) mass is 317 g/mol. The number of nitrogens with zero attached hydrogens (tertiary/aromatic N) is 4. The number of aryl methyl sites for hydroxylation is 1. The van der Waals surface area contributed by atoms with Crippen molar-refractivity contribution in [2.24, 2.45) is 13.0 Å². The fourth-order valence-corrected chi connectivity index (χ4v) is 3.07. The molecule has 1 N–H and O–H groups in total. The van der Waals surface area contributed by atoms with Crippen LogP contribution in [0.5, 0.6) is 0 Å². The lowest BCUT2D eigenvalue weighted by Crippen LogP contribution is -2.40. The van der Waals surface area contributed by atoms with Gasteiger partial charge in [0.2, 0.25) is 5.91 Å². The summed E-state index contributed by atoms with van der Waals surface area (Å²) >= 11 is 0. The molecule has 124 valence electrons. The molecule has 23 heavy (non-hydrogen) atoms. The van der Waals surface area contributed by atoms with Crippen LogP contribution in [0.4, 0.5) is 0 Å². The summed E-state index contributed by atoms with van der Waals surface area (Å²) in [5.41, 5.74) is 2.05. The van der Waals surface area contributed by atoms with Gasteiger partial charge in [0.1, 0.15) is 0 Å². The molecule has 1 aliphatic rings. The van der Waals surface area contributed by atoms with Gasteiger partial charge in [0.15, 0.2) is 0 Å². The van der Waals surface area contributed by atoms with Crippen LogP contribution in [0.15, 0.2) is 24.9 Å². The van der Waals surface area contributed by atoms with Gasteiger partial charge in [0.05, 0.1) is 24.5 Å². The highest BCUT2D eigenvalue weighted by atomic mass is 16.5. The van der Waals surface area contributed by atoms with Crippen LogP contribution in [0, 0.1) is 12.8 Å². The average molecular weight is 317 g/mol. The first kappa shape index (κ1) is 15.7. The number of ether oxygens (including phenoxy) is 1. The molecule has 3 heterocycles. The Hall–Kier alpha value is -2.15. The average Bonchev–Trinajstić information content (AvgIpc) is 3.22. The standard InChI is InChI=1S/C16H23N5O2/c1-11(9-21-6-5-17-10-21)19-16(22)13-4-7-23-15(13)14-8-18-20(3)12(14)2/h5-6,8,10-11,13,15H,4,7,9H2,1-3H3,(H,19,22)/t11-,13+,15+/m1/s1. The molecule has 7 heteroatoms. The van der Waals surface area contributed by atoms with E-state index in [1.54, 1.807) is 18.7 Å². The molecule has 0 aliphatic carbocycles. The Morgan fingerprint density at radius 3 is 3.04 bits per heavy atom. The molecule has 0 unspecified atom stereocenters. The Kier molecular flexibility index (Phi) is 4.47. The van der Waals surface area contributed by atoms with Gasteiger partial charge < -0.3 is 14.6 Å². The smallest absolute Gasteiger partial charge is 0.226 e. The number of rotatable bonds is 5. The van der Waals surface area contributed by atoms with E-state index in [1.807, 2.05) is 36.3 Å². The van der Waals surface area contributed by atoms with E-state index in [4.69, 9.17) is 4.74 Å². The Morgan fingerprint density at radius 1 is 1.57 bits per heavy atom. The fourth-order valence-electron chi connectivity index (χ4n) is 3.07. The van der Waals surface area contributed by atoms with Crippen molar-refractivity contribution in [1.82, 2.24) is 24.6 Å². The van der Waals surface area contributed by atoms with Crippen LogP contribution < -0.4 is 5.32 Å². The lowest BCUT2D eigenvalue weighted by atomic mass is 9.94. The van der Waals surface area contributed by atoms with Gasteiger partial charge in [-0.1, -0.05) is 0 Å². The lowest BCUT2D eigenvalue weighted by Gasteiger charge is -2.21. The van der Waals surface area contributed by atoms with Gasteiger partial charge in [-0.05, 0) is 20.3 Å². The summed E-state index contributed by atoms with van der Waals surface area (Å²) in [7, 11) is 1.90. The predicted molar refractivity (Wildman–Crippen MR) is 84.6 cm³/mol. The van der Waals surface area contributed by atoms with Crippen molar-refractivity contribution in [2.75, 3.05) is 6.61 Å². The highest BCUT2D eigenvalue weighted by Gasteiger charge is 2.37. The number of imidazole rings is 1. The predicted octanol–water partition coefficient (Wildman–Crippen LogP) is 1.21. The van der Waals surface area contributed by atoms with Crippen molar-refractivity contribution in [3.8, 4) is 0 Å². The normalized spacial score (nSPS) is 22.2. The van der Waals surface area contributed by atoms with Crippen molar-refractivity contribution in [1.29, 1.82) is 0 Å². The number of nitrogens with one attached hydrogen (secondary N) is 1. The maximum absolute atomic E-state index is 12.6. The number of carbonyl (C=O) groups excluding carboxylic acids is 1. The van der Waals surface area contributed by atoms with Gasteiger partial charge in [-0.25, -0.2) is 4.98 Å². The minimum Gasteiger partial charge on any atom is -0.373 e. The molecule has 0 spiro atoms. The largest absolute Gasteiger partial charge is 0.373 e. The third-order valence-electron chi connectivity index (χ3n) is 4.44. The lowest BCUT2D eigenvalue weighted by molar-refractivity contribution is -0.127. The molecule has 7 nitrogen and oxygen atoms in total. The van der Waals surface area contributed by atoms with E-state index in [9.17, 15) is 4.79 Å². The van der Waals surface area contributed by atoms with Gasteiger partial charge in [-0.2, -0.15) is 5.10 Å². The van der Waals surface area contributed by atoms with Crippen LogP contribution in [0.25, 0.3) is 0 Å². The van der Waals surface area contributed by atoms with E-state index in [0.29, 0.717) is 13.2 Å².